The molecule has 2 aliphatic rings. The van der Waals surface area contributed by atoms with Crippen molar-refractivity contribution in [1.29, 1.82) is 0 Å². The first-order valence-electron chi connectivity index (χ1n) is 13.4. The van der Waals surface area contributed by atoms with E-state index in [1.165, 1.54) is 11.3 Å². The summed E-state index contributed by atoms with van der Waals surface area (Å²) in [5.41, 5.74) is 6.03. The summed E-state index contributed by atoms with van der Waals surface area (Å²) in [6, 6.07) is 14.4. The van der Waals surface area contributed by atoms with Crippen molar-refractivity contribution < 1.29 is 4.79 Å². The Morgan fingerprint density at radius 1 is 1.16 bits per heavy atom. The summed E-state index contributed by atoms with van der Waals surface area (Å²) in [5.74, 6) is 1.59. The van der Waals surface area contributed by atoms with Gasteiger partial charge in [-0.05, 0) is 68.1 Å². The highest BCUT2D eigenvalue weighted by atomic mass is 16.2. The number of anilines is 2. The second kappa shape index (κ2) is 10.5. The molecule has 200 valence electrons. The summed E-state index contributed by atoms with van der Waals surface area (Å²) in [4.78, 5) is 29.2. The average molecular weight is 515 g/mol. The van der Waals surface area contributed by atoms with Crippen LogP contribution in [0.5, 0.6) is 0 Å². The number of likely N-dealkylation sites (tertiary alicyclic amines) is 1. The number of aromatic nitrogens is 2. The van der Waals surface area contributed by atoms with Crippen molar-refractivity contribution in [3.63, 3.8) is 0 Å². The van der Waals surface area contributed by atoms with Crippen LogP contribution in [0.15, 0.2) is 59.5 Å². The molecular formula is C30H38N6O2. The van der Waals surface area contributed by atoms with E-state index in [0.29, 0.717) is 18.5 Å². The highest BCUT2D eigenvalue weighted by molar-refractivity contribution is 5.93. The zero-order valence-electron chi connectivity index (χ0n) is 23.0. The Morgan fingerprint density at radius 2 is 1.92 bits per heavy atom. The van der Waals surface area contributed by atoms with Gasteiger partial charge in [0, 0.05) is 82.1 Å². The van der Waals surface area contributed by atoms with E-state index >= 15 is 0 Å². The molecule has 3 aromatic rings. The Morgan fingerprint density at radius 3 is 2.58 bits per heavy atom. The standard InChI is InChI=1S/C30H38N6O2/c1-20-16-23(21-6-8-22(9-7-21)30(38)33(3)4)11-14-35(20)19-25-18-26-27(10-13-32-29(26)34(25)5)36-15-12-24(31-2)17-28(36)37/h6-10,12,15,17-18,20,23,31-32H,11,13-14,16,19H2,1-5H3. The van der Waals surface area contributed by atoms with E-state index in [1.54, 1.807) is 29.6 Å². The lowest BCUT2D eigenvalue weighted by Crippen LogP contribution is -2.40. The molecule has 8 heteroatoms. The molecule has 0 saturated carbocycles. The predicted molar refractivity (Wildman–Crippen MR) is 154 cm³/mol. The molecule has 2 aliphatic heterocycles. The van der Waals surface area contributed by atoms with Crippen molar-refractivity contribution in [1.82, 2.24) is 18.9 Å². The third kappa shape index (κ3) is 4.88. The zero-order valence-corrected chi connectivity index (χ0v) is 23.0. The van der Waals surface area contributed by atoms with Crippen LogP contribution in [0.25, 0.3) is 5.70 Å². The van der Waals surface area contributed by atoms with Gasteiger partial charge in [0.05, 0.1) is 5.70 Å². The Bertz CT molecular complexity index is 1420. The van der Waals surface area contributed by atoms with Crippen LogP contribution in [0.1, 0.15) is 52.9 Å². The fourth-order valence-corrected chi connectivity index (χ4v) is 5.76. The highest BCUT2D eigenvalue weighted by Crippen LogP contribution is 2.35. The van der Waals surface area contributed by atoms with Crippen LogP contribution in [0, 0.1) is 0 Å². The number of piperidine rings is 1. The van der Waals surface area contributed by atoms with Gasteiger partial charge in [-0.25, -0.2) is 0 Å². The lowest BCUT2D eigenvalue weighted by atomic mass is 9.85. The van der Waals surface area contributed by atoms with Crippen LogP contribution in [0.3, 0.4) is 0 Å². The SMILES string of the molecule is CNc1ccn(C2=CCNc3c2cc(CN2CCC(c4ccc(C(=O)N(C)C)cc4)CC2C)n3C)c(=O)c1. The first-order chi connectivity index (χ1) is 18.3. The van der Waals surface area contributed by atoms with Gasteiger partial charge in [-0.15, -0.1) is 0 Å². The van der Waals surface area contributed by atoms with Gasteiger partial charge in [0.2, 0.25) is 0 Å². The Labute approximate surface area is 224 Å². The van der Waals surface area contributed by atoms with E-state index in [2.05, 4.69) is 58.3 Å². The quantitative estimate of drug-likeness (QED) is 0.520. The van der Waals surface area contributed by atoms with E-state index in [1.807, 2.05) is 31.4 Å². The number of pyridine rings is 1. The molecule has 0 aliphatic carbocycles. The molecule has 2 unspecified atom stereocenters. The molecule has 1 saturated heterocycles. The van der Waals surface area contributed by atoms with E-state index in [0.717, 1.165) is 54.3 Å². The summed E-state index contributed by atoms with van der Waals surface area (Å²) in [6.07, 6.45) is 6.10. The number of carbonyl (C=O) groups is 1. The van der Waals surface area contributed by atoms with E-state index < -0.39 is 0 Å². The normalized spacial score (nSPS) is 19.3. The van der Waals surface area contributed by atoms with Gasteiger partial charge in [0.1, 0.15) is 5.82 Å². The first-order valence-corrected chi connectivity index (χ1v) is 13.4. The average Bonchev–Trinajstić information content (AvgIpc) is 3.24. The number of rotatable bonds is 6. The fraction of sp³-hybridized carbons (Fsp3) is 0.400. The largest absolute Gasteiger partial charge is 0.388 e. The second-order valence-electron chi connectivity index (χ2n) is 10.7. The number of fused-ring (bicyclic) bond motifs is 1. The van der Waals surface area contributed by atoms with Gasteiger partial charge in [-0.2, -0.15) is 0 Å². The van der Waals surface area contributed by atoms with Crippen LogP contribution < -0.4 is 16.2 Å². The molecule has 1 fully saturated rings. The van der Waals surface area contributed by atoms with E-state index in [9.17, 15) is 9.59 Å². The van der Waals surface area contributed by atoms with Crippen molar-refractivity contribution in [2.75, 3.05) is 44.9 Å². The van der Waals surface area contributed by atoms with Gasteiger partial charge in [-0.3, -0.25) is 19.1 Å². The lowest BCUT2D eigenvalue weighted by Gasteiger charge is -2.38. The van der Waals surface area contributed by atoms with Crippen LogP contribution >= 0.6 is 0 Å². The Hall–Kier alpha value is -3.78. The highest BCUT2D eigenvalue weighted by Gasteiger charge is 2.28. The topological polar surface area (TPSA) is 74.5 Å². The predicted octanol–water partition coefficient (Wildman–Crippen LogP) is 4.01. The van der Waals surface area contributed by atoms with Gasteiger partial charge in [0.25, 0.3) is 11.5 Å². The molecule has 5 rings (SSSR count). The maximum Gasteiger partial charge on any atom is 0.257 e. The number of hydrogen-bond acceptors (Lipinski definition) is 5. The molecule has 0 bridgehead atoms. The molecule has 8 nitrogen and oxygen atoms in total. The number of nitrogens with zero attached hydrogens (tertiary/aromatic N) is 4. The van der Waals surface area contributed by atoms with Gasteiger partial charge < -0.3 is 20.1 Å². The molecular weight excluding hydrogens is 476 g/mol. The zero-order chi connectivity index (χ0) is 27.0. The molecule has 2 atom stereocenters. The molecule has 38 heavy (non-hydrogen) atoms. The third-order valence-corrected chi connectivity index (χ3v) is 8.06. The maximum absolute atomic E-state index is 12.8. The summed E-state index contributed by atoms with van der Waals surface area (Å²) in [7, 11) is 7.49. The number of amides is 1. The number of benzene rings is 1. The van der Waals surface area contributed by atoms with Crippen molar-refractivity contribution in [2.45, 2.75) is 38.3 Å². The molecule has 1 amide bonds. The van der Waals surface area contributed by atoms with E-state index in [-0.39, 0.29) is 11.5 Å². The fourth-order valence-electron chi connectivity index (χ4n) is 5.76. The minimum Gasteiger partial charge on any atom is -0.388 e. The number of hydrogen-bond donors (Lipinski definition) is 2. The van der Waals surface area contributed by atoms with Crippen LogP contribution in [-0.4, -0.2) is 65.1 Å². The van der Waals surface area contributed by atoms with Crippen molar-refractivity contribution >= 4 is 23.1 Å². The minimum atomic E-state index is -0.0452. The lowest BCUT2D eigenvalue weighted by molar-refractivity contribution is 0.0827. The third-order valence-electron chi connectivity index (χ3n) is 8.06. The Balaban J connectivity index is 1.30. The summed E-state index contributed by atoms with van der Waals surface area (Å²) in [5, 5.41) is 6.54. The van der Waals surface area contributed by atoms with Crippen molar-refractivity contribution in [3.05, 3.63) is 87.5 Å². The molecule has 4 heterocycles. The molecule has 1 aromatic carbocycles. The van der Waals surface area contributed by atoms with Crippen LogP contribution in [-0.2, 0) is 13.6 Å². The van der Waals surface area contributed by atoms with Crippen LogP contribution in [0.2, 0.25) is 0 Å². The maximum atomic E-state index is 12.8. The van der Waals surface area contributed by atoms with E-state index in [4.69, 9.17) is 0 Å². The molecule has 0 radical (unpaired) electrons. The van der Waals surface area contributed by atoms with Gasteiger partial charge in [0.15, 0.2) is 0 Å². The summed E-state index contributed by atoms with van der Waals surface area (Å²) >= 11 is 0. The van der Waals surface area contributed by atoms with Gasteiger partial charge >= 0.3 is 0 Å². The molecule has 2 N–H and O–H groups in total. The Kier molecular flexibility index (Phi) is 7.17. The van der Waals surface area contributed by atoms with Crippen molar-refractivity contribution in [3.8, 4) is 0 Å². The minimum absolute atomic E-state index is 0.0392. The smallest absolute Gasteiger partial charge is 0.257 e. The molecule has 2 aromatic heterocycles. The number of nitrogens with one attached hydrogen (secondary N) is 2. The van der Waals surface area contributed by atoms with Crippen LogP contribution in [0.4, 0.5) is 11.5 Å². The second-order valence-corrected chi connectivity index (χ2v) is 10.7. The summed E-state index contributed by atoms with van der Waals surface area (Å²) < 4.78 is 3.96. The first kappa shape index (κ1) is 25.9. The van der Waals surface area contributed by atoms with Crippen molar-refractivity contribution in [2.24, 2.45) is 7.05 Å². The molecule has 0 spiro atoms. The monoisotopic (exact) mass is 514 g/mol. The number of carbonyl (C=O) groups excluding carboxylic acids is 1. The van der Waals surface area contributed by atoms with Gasteiger partial charge in [-0.1, -0.05) is 12.1 Å². The summed E-state index contributed by atoms with van der Waals surface area (Å²) in [6.45, 7) is 4.86.